The van der Waals surface area contributed by atoms with Crippen LogP contribution in [0.25, 0.3) is 0 Å². The van der Waals surface area contributed by atoms with E-state index in [1.807, 2.05) is 0 Å². The van der Waals surface area contributed by atoms with E-state index in [1.165, 1.54) is 45.1 Å². The fourth-order valence-corrected chi connectivity index (χ4v) is 3.26. The summed E-state index contributed by atoms with van der Waals surface area (Å²) >= 11 is 0. The van der Waals surface area contributed by atoms with Crippen molar-refractivity contribution < 1.29 is 4.74 Å². The standard InChI is InChI=1S/C14H28N2O/c1-3-6-14(8-4-9-15-14)11-16-13(2)7-5-10-17-12-13/h15-16H,3-12H2,1-2H3. The zero-order chi connectivity index (χ0) is 12.2. The number of hydrogen-bond donors (Lipinski definition) is 2. The highest BCUT2D eigenvalue weighted by molar-refractivity contribution is 4.97. The highest BCUT2D eigenvalue weighted by Crippen LogP contribution is 2.26. The van der Waals surface area contributed by atoms with E-state index in [4.69, 9.17) is 4.74 Å². The Morgan fingerprint density at radius 2 is 2.18 bits per heavy atom. The van der Waals surface area contributed by atoms with E-state index in [0.717, 1.165) is 19.8 Å². The topological polar surface area (TPSA) is 33.3 Å². The van der Waals surface area contributed by atoms with Gasteiger partial charge in [-0.05, 0) is 45.6 Å². The molecule has 3 nitrogen and oxygen atoms in total. The highest BCUT2D eigenvalue weighted by atomic mass is 16.5. The Balaban J connectivity index is 1.86. The zero-order valence-electron chi connectivity index (χ0n) is 11.5. The van der Waals surface area contributed by atoms with Crippen LogP contribution in [-0.2, 0) is 4.74 Å². The van der Waals surface area contributed by atoms with Crippen LogP contribution < -0.4 is 10.6 Å². The van der Waals surface area contributed by atoms with Gasteiger partial charge in [0.2, 0.25) is 0 Å². The summed E-state index contributed by atoms with van der Waals surface area (Å²) in [5, 5.41) is 7.50. The van der Waals surface area contributed by atoms with Gasteiger partial charge in [-0.15, -0.1) is 0 Å². The Morgan fingerprint density at radius 3 is 2.76 bits per heavy atom. The summed E-state index contributed by atoms with van der Waals surface area (Å²) in [4.78, 5) is 0. The minimum Gasteiger partial charge on any atom is -0.380 e. The fourth-order valence-electron chi connectivity index (χ4n) is 3.26. The normalized spacial score (nSPS) is 38.5. The molecule has 2 aliphatic rings. The van der Waals surface area contributed by atoms with Crippen LogP contribution >= 0.6 is 0 Å². The summed E-state index contributed by atoms with van der Waals surface area (Å²) in [6.45, 7) is 8.69. The molecular formula is C14H28N2O. The molecule has 2 aliphatic heterocycles. The van der Waals surface area contributed by atoms with E-state index >= 15 is 0 Å². The van der Waals surface area contributed by atoms with Crippen molar-refractivity contribution in [3.63, 3.8) is 0 Å². The molecule has 2 unspecified atom stereocenters. The van der Waals surface area contributed by atoms with E-state index in [2.05, 4.69) is 24.5 Å². The van der Waals surface area contributed by atoms with Gasteiger partial charge in [0, 0.05) is 24.2 Å². The molecule has 0 spiro atoms. The van der Waals surface area contributed by atoms with Crippen LogP contribution in [0.2, 0.25) is 0 Å². The molecule has 2 fully saturated rings. The molecule has 0 aromatic carbocycles. The van der Waals surface area contributed by atoms with Crippen molar-refractivity contribution in [1.82, 2.24) is 10.6 Å². The number of ether oxygens (including phenoxy) is 1. The minimum atomic E-state index is 0.198. The SMILES string of the molecule is CCCC1(CNC2(C)CCCOC2)CCCN1. The molecule has 0 saturated carbocycles. The Bertz CT molecular complexity index is 230. The van der Waals surface area contributed by atoms with Crippen LogP contribution in [0.1, 0.15) is 52.4 Å². The third-order valence-corrected chi connectivity index (χ3v) is 4.35. The first-order chi connectivity index (χ1) is 8.18. The monoisotopic (exact) mass is 240 g/mol. The summed E-state index contributed by atoms with van der Waals surface area (Å²) in [7, 11) is 0. The van der Waals surface area contributed by atoms with Gasteiger partial charge in [0.05, 0.1) is 6.61 Å². The second-order valence-corrected chi connectivity index (χ2v) is 6.13. The zero-order valence-corrected chi connectivity index (χ0v) is 11.5. The Kier molecular flexibility index (Phi) is 4.45. The van der Waals surface area contributed by atoms with Crippen LogP contribution in [0.15, 0.2) is 0 Å². The van der Waals surface area contributed by atoms with Crippen molar-refractivity contribution in [2.75, 3.05) is 26.3 Å². The molecule has 17 heavy (non-hydrogen) atoms. The smallest absolute Gasteiger partial charge is 0.0645 e. The van der Waals surface area contributed by atoms with Crippen LogP contribution in [0.3, 0.4) is 0 Å². The predicted octanol–water partition coefficient (Wildman–Crippen LogP) is 2.07. The molecule has 2 N–H and O–H groups in total. The van der Waals surface area contributed by atoms with E-state index in [1.54, 1.807) is 0 Å². The molecule has 0 aliphatic carbocycles. The minimum absolute atomic E-state index is 0.198. The van der Waals surface area contributed by atoms with Crippen molar-refractivity contribution >= 4 is 0 Å². The first-order valence-electron chi connectivity index (χ1n) is 7.26. The lowest BCUT2D eigenvalue weighted by Gasteiger charge is -2.39. The summed E-state index contributed by atoms with van der Waals surface area (Å²) in [6.07, 6.45) is 7.64. The maximum Gasteiger partial charge on any atom is 0.0645 e. The molecule has 2 rings (SSSR count). The van der Waals surface area contributed by atoms with Crippen molar-refractivity contribution in [3.8, 4) is 0 Å². The van der Waals surface area contributed by atoms with Crippen LogP contribution in [-0.4, -0.2) is 37.4 Å². The second-order valence-electron chi connectivity index (χ2n) is 6.13. The summed E-state index contributed by atoms with van der Waals surface area (Å²) in [5.41, 5.74) is 0.554. The maximum atomic E-state index is 5.61. The van der Waals surface area contributed by atoms with E-state index in [9.17, 15) is 0 Å². The Morgan fingerprint density at radius 1 is 1.29 bits per heavy atom. The average molecular weight is 240 g/mol. The van der Waals surface area contributed by atoms with Gasteiger partial charge in [-0.25, -0.2) is 0 Å². The Labute approximate surface area is 106 Å². The van der Waals surface area contributed by atoms with Crippen LogP contribution in [0.4, 0.5) is 0 Å². The molecule has 0 amide bonds. The number of nitrogens with one attached hydrogen (secondary N) is 2. The molecule has 0 aromatic heterocycles. The van der Waals surface area contributed by atoms with Crippen molar-refractivity contribution in [1.29, 1.82) is 0 Å². The fraction of sp³-hybridized carbons (Fsp3) is 1.00. The van der Waals surface area contributed by atoms with E-state index < -0.39 is 0 Å². The quantitative estimate of drug-likeness (QED) is 0.772. The number of hydrogen-bond acceptors (Lipinski definition) is 3. The van der Waals surface area contributed by atoms with Gasteiger partial charge >= 0.3 is 0 Å². The first kappa shape index (κ1) is 13.3. The van der Waals surface area contributed by atoms with Gasteiger partial charge < -0.3 is 15.4 Å². The largest absolute Gasteiger partial charge is 0.380 e. The Hall–Kier alpha value is -0.120. The van der Waals surface area contributed by atoms with Crippen molar-refractivity contribution in [2.24, 2.45) is 0 Å². The van der Waals surface area contributed by atoms with Gasteiger partial charge in [-0.3, -0.25) is 0 Å². The predicted molar refractivity (Wildman–Crippen MR) is 71.3 cm³/mol. The molecule has 2 saturated heterocycles. The summed E-state index contributed by atoms with van der Waals surface area (Å²) in [5.74, 6) is 0. The van der Waals surface area contributed by atoms with Gasteiger partial charge in [0.15, 0.2) is 0 Å². The second kappa shape index (κ2) is 5.68. The highest BCUT2D eigenvalue weighted by Gasteiger charge is 2.35. The lowest BCUT2D eigenvalue weighted by Crippen LogP contribution is -2.57. The molecule has 2 atom stereocenters. The van der Waals surface area contributed by atoms with Crippen molar-refractivity contribution in [3.05, 3.63) is 0 Å². The third kappa shape index (κ3) is 3.43. The summed E-state index contributed by atoms with van der Waals surface area (Å²) < 4.78 is 5.61. The lowest BCUT2D eigenvalue weighted by atomic mass is 9.88. The average Bonchev–Trinajstić information content (AvgIpc) is 2.78. The van der Waals surface area contributed by atoms with E-state index in [-0.39, 0.29) is 5.54 Å². The van der Waals surface area contributed by atoms with Gasteiger partial charge in [0.25, 0.3) is 0 Å². The van der Waals surface area contributed by atoms with Crippen molar-refractivity contribution in [2.45, 2.75) is 63.5 Å². The molecule has 100 valence electrons. The van der Waals surface area contributed by atoms with Crippen LogP contribution in [0.5, 0.6) is 0 Å². The van der Waals surface area contributed by atoms with Gasteiger partial charge in [-0.1, -0.05) is 13.3 Å². The molecule has 2 heterocycles. The molecular weight excluding hydrogens is 212 g/mol. The summed E-state index contributed by atoms with van der Waals surface area (Å²) in [6, 6.07) is 0. The molecule has 0 bridgehead atoms. The van der Waals surface area contributed by atoms with Crippen LogP contribution in [0, 0.1) is 0 Å². The first-order valence-corrected chi connectivity index (χ1v) is 7.26. The van der Waals surface area contributed by atoms with Gasteiger partial charge in [-0.2, -0.15) is 0 Å². The maximum absolute atomic E-state index is 5.61. The lowest BCUT2D eigenvalue weighted by molar-refractivity contribution is 0.0251. The third-order valence-electron chi connectivity index (χ3n) is 4.35. The van der Waals surface area contributed by atoms with E-state index in [0.29, 0.717) is 5.54 Å². The number of rotatable bonds is 5. The molecule has 0 aromatic rings. The van der Waals surface area contributed by atoms with Gasteiger partial charge in [0.1, 0.15) is 0 Å². The molecule has 3 heteroatoms. The molecule has 0 radical (unpaired) electrons.